The Hall–Kier alpha value is -3.47. The molecule has 3 aliphatic heterocycles. The van der Waals surface area contributed by atoms with Crippen LogP contribution in [-0.2, 0) is 6.54 Å². The first kappa shape index (κ1) is 23.9. The lowest BCUT2D eigenvalue weighted by Gasteiger charge is -2.58. The maximum Gasteiger partial charge on any atom is 0.131 e. The molecule has 0 spiro atoms. The van der Waals surface area contributed by atoms with E-state index in [4.69, 9.17) is 4.74 Å². The van der Waals surface area contributed by atoms with Gasteiger partial charge in [-0.25, -0.2) is 0 Å². The van der Waals surface area contributed by atoms with Crippen LogP contribution < -0.4 is 4.74 Å². The van der Waals surface area contributed by atoms with Crippen molar-refractivity contribution >= 4 is 10.9 Å². The first-order chi connectivity index (χ1) is 18.1. The van der Waals surface area contributed by atoms with Gasteiger partial charge < -0.3 is 14.3 Å². The molecule has 5 atom stereocenters. The van der Waals surface area contributed by atoms with E-state index in [0.717, 1.165) is 52.8 Å². The van der Waals surface area contributed by atoms with E-state index in [1.54, 1.807) is 7.11 Å². The van der Waals surface area contributed by atoms with Crippen molar-refractivity contribution < 1.29 is 14.3 Å². The molecule has 4 heteroatoms. The summed E-state index contributed by atoms with van der Waals surface area (Å²) in [5.74, 6) is 1.86. The normalized spacial score (nSPS) is 25.6. The number of quaternary nitrogens is 1. The summed E-state index contributed by atoms with van der Waals surface area (Å²) < 4.78 is 6.39. The molecule has 4 aromatic rings. The van der Waals surface area contributed by atoms with Crippen LogP contribution in [0.3, 0.4) is 0 Å². The fourth-order valence-electron chi connectivity index (χ4n) is 6.92. The number of benzene rings is 3. The minimum atomic E-state index is -0.574. The molecular weight excluding hydrogens is 456 g/mol. The highest BCUT2D eigenvalue weighted by Gasteiger charge is 2.54. The molecule has 0 saturated carbocycles. The van der Waals surface area contributed by atoms with Crippen LogP contribution >= 0.6 is 0 Å². The number of rotatable bonds is 7. The van der Waals surface area contributed by atoms with Crippen LogP contribution in [0.5, 0.6) is 5.75 Å². The van der Waals surface area contributed by atoms with E-state index >= 15 is 0 Å². The van der Waals surface area contributed by atoms with Crippen LogP contribution in [0.2, 0.25) is 0 Å². The summed E-state index contributed by atoms with van der Waals surface area (Å²) >= 11 is 0. The smallest absolute Gasteiger partial charge is 0.131 e. The third-order valence-electron chi connectivity index (χ3n) is 8.90. The molecule has 3 aromatic carbocycles. The summed E-state index contributed by atoms with van der Waals surface area (Å²) in [6.45, 7) is 7.21. The molecule has 3 unspecified atom stereocenters. The highest BCUT2D eigenvalue weighted by molar-refractivity contribution is 5.84. The van der Waals surface area contributed by atoms with E-state index in [1.165, 1.54) is 23.1 Å². The van der Waals surface area contributed by atoms with Gasteiger partial charge >= 0.3 is 0 Å². The van der Waals surface area contributed by atoms with Gasteiger partial charge in [0.25, 0.3) is 0 Å². The molecule has 2 bridgehead atoms. The van der Waals surface area contributed by atoms with E-state index in [-0.39, 0.29) is 6.04 Å². The average Bonchev–Trinajstić information content (AvgIpc) is 2.97. The predicted octanol–water partition coefficient (Wildman–Crippen LogP) is 6.56. The highest BCUT2D eigenvalue weighted by Crippen LogP contribution is 2.48. The number of aromatic nitrogens is 1. The number of piperidine rings is 3. The largest absolute Gasteiger partial charge is 0.497 e. The van der Waals surface area contributed by atoms with Crippen LogP contribution in [0.4, 0.5) is 0 Å². The number of hydrogen-bond acceptors (Lipinski definition) is 3. The average molecular weight is 492 g/mol. The predicted molar refractivity (Wildman–Crippen MR) is 149 cm³/mol. The monoisotopic (exact) mass is 491 g/mol. The summed E-state index contributed by atoms with van der Waals surface area (Å²) in [7, 11) is 1.68. The standard InChI is InChI=1S/C33H35N2O2/c1-3-24-22-35(21-23-9-11-26(12-10-23)25-7-5-4-6-8-25)18-16-27(24)19-32(35)33(36)29-15-17-34-31-14-13-28(37-2)20-30(29)31/h3-15,17,20,24,27,32-33,36H,1,16,18-19,21-22H2,2H3/q+1/t24-,27?,32?,33-,35?/m0/s1. The molecule has 37 heavy (non-hydrogen) atoms. The van der Waals surface area contributed by atoms with Crippen LogP contribution in [0.1, 0.15) is 30.1 Å². The van der Waals surface area contributed by atoms with E-state index in [0.29, 0.717) is 11.8 Å². The van der Waals surface area contributed by atoms with Crippen LogP contribution in [0.15, 0.2) is 97.7 Å². The molecule has 4 nitrogen and oxygen atoms in total. The number of ether oxygens (including phenoxy) is 1. The van der Waals surface area contributed by atoms with Gasteiger partial charge in [-0.15, -0.1) is 6.58 Å². The number of pyridine rings is 1. The zero-order valence-electron chi connectivity index (χ0n) is 21.5. The second-order valence-electron chi connectivity index (χ2n) is 10.8. The molecule has 3 aliphatic rings. The van der Waals surface area contributed by atoms with Crippen LogP contribution in [-0.4, -0.2) is 40.8 Å². The van der Waals surface area contributed by atoms with Gasteiger partial charge in [0.1, 0.15) is 24.4 Å². The van der Waals surface area contributed by atoms with E-state index < -0.39 is 6.10 Å². The molecule has 4 heterocycles. The van der Waals surface area contributed by atoms with Crippen molar-refractivity contribution in [2.45, 2.75) is 31.5 Å². The third-order valence-corrected chi connectivity index (χ3v) is 8.90. The first-order valence-electron chi connectivity index (χ1n) is 13.3. The second kappa shape index (κ2) is 9.77. The number of aliphatic hydroxyl groups excluding tert-OH is 1. The van der Waals surface area contributed by atoms with E-state index in [9.17, 15) is 5.11 Å². The van der Waals surface area contributed by atoms with Gasteiger partial charge in [0.05, 0.1) is 25.7 Å². The molecule has 0 aliphatic carbocycles. The molecule has 0 radical (unpaired) electrons. The molecule has 188 valence electrons. The van der Waals surface area contributed by atoms with Crippen LogP contribution in [0.25, 0.3) is 22.0 Å². The molecule has 7 rings (SSSR count). The van der Waals surface area contributed by atoms with Crippen LogP contribution in [0, 0.1) is 11.8 Å². The SMILES string of the molecule is C=C[C@H]1C[N+]2(Cc3ccc(-c4ccccc4)cc3)CCC1CC2[C@@H](O)c1ccnc2ccc(OC)cc12. The van der Waals surface area contributed by atoms with Crippen molar-refractivity contribution in [3.05, 3.63) is 109 Å². The Morgan fingerprint density at radius 2 is 1.84 bits per heavy atom. The molecule has 3 fully saturated rings. The lowest BCUT2D eigenvalue weighted by molar-refractivity contribution is -0.984. The maximum absolute atomic E-state index is 12.0. The Kier molecular flexibility index (Phi) is 6.31. The molecule has 1 aromatic heterocycles. The van der Waals surface area contributed by atoms with Gasteiger partial charge in [0, 0.05) is 35.9 Å². The Bertz CT molecular complexity index is 1400. The van der Waals surface area contributed by atoms with Gasteiger partial charge in [-0.2, -0.15) is 0 Å². The van der Waals surface area contributed by atoms with Crippen molar-refractivity contribution in [1.29, 1.82) is 0 Å². The lowest BCUT2D eigenvalue weighted by atomic mass is 9.71. The number of aliphatic hydroxyl groups is 1. The van der Waals surface area contributed by atoms with Crippen molar-refractivity contribution in [2.24, 2.45) is 11.8 Å². The third kappa shape index (κ3) is 4.35. The molecule has 1 N–H and O–H groups in total. The Labute approximate surface area is 219 Å². The lowest BCUT2D eigenvalue weighted by Crippen LogP contribution is -2.67. The molecular formula is C33H35N2O2+. The quantitative estimate of drug-likeness (QED) is 0.235. The molecule has 3 saturated heterocycles. The zero-order chi connectivity index (χ0) is 25.4. The topological polar surface area (TPSA) is 42.4 Å². The van der Waals surface area contributed by atoms with Gasteiger partial charge in [0.15, 0.2) is 0 Å². The summed E-state index contributed by atoms with van der Waals surface area (Å²) in [6.07, 6.45) is 5.60. The van der Waals surface area contributed by atoms with Gasteiger partial charge in [-0.3, -0.25) is 4.98 Å². The number of hydrogen-bond donors (Lipinski definition) is 1. The Morgan fingerprint density at radius 3 is 2.59 bits per heavy atom. The summed E-state index contributed by atoms with van der Waals surface area (Å²) in [5.41, 5.74) is 5.63. The van der Waals surface area contributed by atoms with Crippen molar-refractivity contribution in [2.75, 3.05) is 20.2 Å². The fourth-order valence-corrected chi connectivity index (χ4v) is 6.92. The van der Waals surface area contributed by atoms with Gasteiger partial charge in [0.2, 0.25) is 0 Å². The van der Waals surface area contributed by atoms with Crippen molar-refractivity contribution in [3.8, 4) is 16.9 Å². The maximum atomic E-state index is 12.0. The number of fused-ring (bicyclic) bond motifs is 4. The second-order valence-corrected chi connectivity index (χ2v) is 10.8. The Balaban J connectivity index is 1.35. The summed E-state index contributed by atoms with van der Waals surface area (Å²) in [4.78, 5) is 4.55. The fraction of sp³-hybridized carbons (Fsp3) is 0.303. The first-order valence-corrected chi connectivity index (χ1v) is 13.3. The minimum Gasteiger partial charge on any atom is -0.497 e. The highest BCUT2D eigenvalue weighted by atomic mass is 16.5. The van der Waals surface area contributed by atoms with E-state index in [1.807, 2.05) is 30.5 Å². The van der Waals surface area contributed by atoms with E-state index in [2.05, 4.69) is 72.2 Å². The van der Waals surface area contributed by atoms with Crippen molar-refractivity contribution in [1.82, 2.24) is 4.98 Å². The van der Waals surface area contributed by atoms with Gasteiger partial charge in [-0.1, -0.05) is 60.7 Å². The summed E-state index contributed by atoms with van der Waals surface area (Å²) in [5, 5.41) is 13.0. The van der Waals surface area contributed by atoms with Gasteiger partial charge in [-0.05, 0) is 46.9 Å². The summed E-state index contributed by atoms with van der Waals surface area (Å²) in [6, 6.07) is 27.6. The number of nitrogens with zero attached hydrogens (tertiary/aromatic N) is 2. The Morgan fingerprint density at radius 1 is 1.05 bits per heavy atom. The minimum absolute atomic E-state index is 0.126. The van der Waals surface area contributed by atoms with Crippen molar-refractivity contribution in [3.63, 3.8) is 0 Å². The molecule has 0 amide bonds. The zero-order valence-corrected chi connectivity index (χ0v) is 21.5. The number of methoxy groups -OCH3 is 1.